The van der Waals surface area contributed by atoms with Gasteiger partial charge < -0.3 is 11.1 Å². The molecule has 20 heavy (non-hydrogen) atoms. The maximum absolute atomic E-state index is 11.1. The van der Waals surface area contributed by atoms with Crippen LogP contribution >= 0.6 is 34.2 Å². The van der Waals surface area contributed by atoms with Crippen LogP contribution in [0.3, 0.4) is 0 Å². The molecule has 0 saturated heterocycles. The molecule has 0 saturated carbocycles. The van der Waals surface area contributed by atoms with Crippen molar-refractivity contribution in [1.82, 2.24) is 9.97 Å². The summed E-state index contributed by atoms with van der Waals surface area (Å²) in [4.78, 5) is 18.2. The van der Waals surface area contributed by atoms with Crippen molar-refractivity contribution in [2.45, 2.75) is 6.92 Å². The van der Waals surface area contributed by atoms with Gasteiger partial charge in [-0.1, -0.05) is 11.6 Å². The first-order valence-corrected chi connectivity index (χ1v) is 6.84. The number of benzene rings is 1. The Morgan fingerprint density at radius 2 is 2.15 bits per heavy atom. The number of nitrogens with one attached hydrogen (secondary N) is 1. The van der Waals surface area contributed by atoms with Crippen LogP contribution < -0.4 is 11.1 Å². The number of nitrogens with zero attached hydrogens (tertiary/aromatic N) is 3. The molecule has 7 nitrogen and oxygen atoms in total. The van der Waals surface area contributed by atoms with Crippen molar-refractivity contribution in [3.8, 4) is 0 Å². The van der Waals surface area contributed by atoms with Gasteiger partial charge in [0.15, 0.2) is 0 Å². The normalized spacial score (nSPS) is 10.3. The minimum absolute atomic E-state index is 0.0168. The summed E-state index contributed by atoms with van der Waals surface area (Å²) >= 11 is 8.19. The molecule has 1 aromatic heterocycles. The van der Waals surface area contributed by atoms with Crippen molar-refractivity contribution in [1.29, 1.82) is 0 Å². The predicted molar refractivity (Wildman–Crippen MR) is 85.3 cm³/mol. The fourth-order valence-corrected chi connectivity index (χ4v) is 2.52. The van der Waals surface area contributed by atoms with Crippen molar-refractivity contribution >= 4 is 57.3 Å². The zero-order valence-corrected chi connectivity index (χ0v) is 13.1. The van der Waals surface area contributed by atoms with Gasteiger partial charge in [-0.15, -0.1) is 0 Å². The van der Waals surface area contributed by atoms with Crippen LogP contribution in [0.15, 0.2) is 18.2 Å². The van der Waals surface area contributed by atoms with Crippen LogP contribution in [0, 0.1) is 20.6 Å². The highest BCUT2D eigenvalue weighted by Crippen LogP contribution is 2.32. The lowest BCUT2D eigenvalue weighted by molar-refractivity contribution is -0.385. The molecule has 0 aliphatic carbocycles. The van der Waals surface area contributed by atoms with Crippen molar-refractivity contribution in [3.05, 3.63) is 42.6 Å². The SMILES string of the molecule is Cc1nc(N)nc(Nc2ccc(I)cc2Cl)c1[N+](=O)[O-]. The maximum atomic E-state index is 11.1. The molecule has 2 rings (SSSR count). The van der Waals surface area contributed by atoms with Gasteiger partial charge in [0, 0.05) is 3.57 Å². The van der Waals surface area contributed by atoms with E-state index in [1.54, 1.807) is 12.1 Å². The number of halogens is 2. The molecular weight excluding hydrogens is 397 g/mol. The molecule has 0 atom stereocenters. The molecule has 2 aromatic rings. The van der Waals surface area contributed by atoms with Crippen LogP contribution in [0.5, 0.6) is 0 Å². The Balaban J connectivity index is 2.50. The van der Waals surface area contributed by atoms with Crippen LogP contribution in [-0.4, -0.2) is 14.9 Å². The highest BCUT2D eigenvalue weighted by Gasteiger charge is 2.22. The summed E-state index contributed by atoms with van der Waals surface area (Å²) in [6.45, 7) is 1.50. The molecule has 0 amide bonds. The third-order valence-corrected chi connectivity index (χ3v) is 3.43. The molecule has 0 bridgehead atoms. The molecule has 104 valence electrons. The first kappa shape index (κ1) is 14.7. The molecule has 0 unspecified atom stereocenters. The third-order valence-electron chi connectivity index (χ3n) is 2.44. The van der Waals surface area contributed by atoms with Crippen molar-refractivity contribution in [2.24, 2.45) is 0 Å². The van der Waals surface area contributed by atoms with Gasteiger partial charge in [0.1, 0.15) is 5.69 Å². The lowest BCUT2D eigenvalue weighted by atomic mass is 10.3. The summed E-state index contributed by atoms with van der Waals surface area (Å²) in [5, 5.41) is 14.3. The van der Waals surface area contributed by atoms with Crippen LogP contribution in [-0.2, 0) is 0 Å². The average molecular weight is 406 g/mol. The summed E-state index contributed by atoms with van der Waals surface area (Å²) in [5.74, 6) is -0.0275. The molecule has 0 aliphatic rings. The van der Waals surface area contributed by atoms with Gasteiger partial charge in [-0.2, -0.15) is 4.98 Å². The first-order chi connectivity index (χ1) is 9.38. The number of rotatable bonds is 3. The van der Waals surface area contributed by atoms with Gasteiger partial charge in [-0.25, -0.2) is 4.98 Å². The highest BCUT2D eigenvalue weighted by molar-refractivity contribution is 14.1. The molecule has 9 heteroatoms. The predicted octanol–water partition coefficient (Wildman–Crippen LogP) is 3.28. The van der Waals surface area contributed by atoms with Gasteiger partial charge in [0.05, 0.1) is 15.6 Å². The number of aryl methyl sites for hydroxylation is 1. The summed E-state index contributed by atoms with van der Waals surface area (Å²) in [7, 11) is 0. The summed E-state index contributed by atoms with van der Waals surface area (Å²) in [6, 6.07) is 5.26. The fraction of sp³-hybridized carbons (Fsp3) is 0.0909. The highest BCUT2D eigenvalue weighted by atomic mass is 127. The average Bonchev–Trinajstić information content (AvgIpc) is 2.31. The van der Waals surface area contributed by atoms with Crippen molar-refractivity contribution in [3.63, 3.8) is 0 Å². The number of nitrogen functional groups attached to an aromatic ring is 1. The second-order valence-corrected chi connectivity index (χ2v) is 5.52. The van der Waals surface area contributed by atoms with E-state index in [-0.39, 0.29) is 23.1 Å². The molecule has 1 aromatic carbocycles. The quantitative estimate of drug-likeness (QED) is 0.461. The number of hydrogen-bond donors (Lipinski definition) is 2. The lowest BCUT2D eigenvalue weighted by Gasteiger charge is -2.09. The van der Waals surface area contributed by atoms with E-state index in [9.17, 15) is 10.1 Å². The molecule has 0 fully saturated rings. The minimum Gasteiger partial charge on any atom is -0.368 e. The number of anilines is 3. The van der Waals surface area contributed by atoms with Gasteiger partial charge in [0.25, 0.3) is 0 Å². The number of hydrogen-bond acceptors (Lipinski definition) is 6. The largest absolute Gasteiger partial charge is 0.368 e. The Morgan fingerprint density at radius 3 is 2.75 bits per heavy atom. The monoisotopic (exact) mass is 405 g/mol. The van der Waals surface area contributed by atoms with Crippen molar-refractivity contribution in [2.75, 3.05) is 11.1 Å². The van der Waals surface area contributed by atoms with E-state index in [1.807, 2.05) is 6.07 Å². The number of nitrogens with two attached hydrogens (primary N) is 1. The van der Waals surface area contributed by atoms with E-state index in [2.05, 4.69) is 37.9 Å². The molecule has 1 heterocycles. The van der Waals surface area contributed by atoms with Gasteiger partial charge in [-0.05, 0) is 47.7 Å². The zero-order chi connectivity index (χ0) is 14.9. The molecule has 3 N–H and O–H groups in total. The van der Waals surface area contributed by atoms with E-state index in [0.717, 1.165) is 3.57 Å². The van der Waals surface area contributed by atoms with Crippen LogP contribution in [0.2, 0.25) is 5.02 Å². The molecular formula is C11H9ClIN5O2. The smallest absolute Gasteiger partial charge is 0.332 e. The van der Waals surface area contributed by atoms with E-state index in [4.69, 9.17) is 17.3 Å². The second-order valence-electron chi connectivity index (χ2n) is 3.87. The van der Waals surface area contributed by atoms with Gasteiger partial charge in [0.2, 0.25) is 11.8 Å². The second kappa shape index (κ2) is 5.75. The topological polar surface area (TPSA) is 107 Å². The molecule has 0 aliphatic heterocycles. The van der Waals surface area contributed by atoms with Crippen molar-refractivity contribution < 1.29 is 4.92 Å². The fourth-order valence-electron chi connectivity index (χ4n) is 1.61. The Labute approximate surface area is 132 Å². The summed E-state index contributed by atoms with van der Waals surface area (Å²) < 4.78 is 0.950. The summed E-state index contributed by atoms with van der Waals surface area (Å²) in [5.41, 5.74) is 5.99. The van der Waals surface area contributed by atoms with Gasteiger partial charge in [-0.3, -0.25) is 10.1 Å². The van der Waals surface area contributed by atoms with Gasteiger partial charge >= 0.3 is 5.69 Å². The molecule has 0 spiro atoms. The number of aromatic nitrogens is 2. The van der Waals surface area contributed by atoms with E-state index < -0.39 is 4.92 Å². The summed E-state index contributed by atoms with van der Waals surface area (Å²) in [6.07, 6.45) is 0. The Hall–Kier alpha value is -1.68. The van der Waals surface area contributed by atoms with Crippen LogP contribution in [0.4, 0.5) is 23.1 Å². The standard InChI is InChI=1S/C11H9ClIN5O2/c1-5-9(18(19)20)10(17-11(14)15-5)16-8-3-2-6(13)4-7(8)12/h2-4H,1H3,(H3,14,15,16,17). The third kappa shape index (κ3) is 3.07. The molecule has 0 radical (unpaired) electrons. The Kier molecular flexibility index (Phi) is 4.23. The number of nitro groups is 1. The van der Waals surface area contributed by atoms with Crippen LogP contribution in [0.1, 0.15) is 5.69 Å². The minimum atomic E-state index is -0.558. The maximum Gasteiger partial charge on any atom is 0.332 e. The first-order valence-electron chi connectivity index (χ1n) is 5.39. The Morgan fingerprint density at radius 1 is 1.45 bits per heavy atom. The lowest BCUT2D eigenvalue weighted by Crippen LogP contribution is -2.07. The van der Waals surface area contributed by atoms with E-state index in [1.165, 1.54) is 6.92 Å². The Bertz CT molecular complexity index is 695. The zero-order valence-electron chi connectivity index (χ0n) is 10.2. The van der Waals surface area contributed by atoms with E-state index in [0.29, 0.717) is 10.7 Å². The van der Waals surface area contributed by atoms with Crippen LogP contribution in [0.25, 0.3) is 0 Å². The van der Waals surface area contributed by atoms with E-state index >= 15 is 0 Å².